The third kappa shape index (κ3) is 3.83. The summed E-state index contributed by atoms with van der Waals surface area (Å²) in [5, 5.41) is 0. The van der Waals surface area contributed by atoms with Gasteiger partial charge in [0.25, 0.3) is 0 Å². The molecule has 0 radical (unpaired) electrons. The molecule has 0 aliphatic heterocycles. The van der Waals surface area contributed by atoms with Crippen molar-refractivity contribution in [2.24, 2.45) is 0 Å². The fourth-order valence-corrected chi connectivity index (χ4v) is 1.05. The van der Waals surface area contributed by atoms with Crippen molar-refractivity contribution in [3.63, 3.8) is 0 Å². The molecule has 0 saturated heterocycles. The molecular formula is C10H9ClF2O2. The van der Waals surface area contributed by atoms with Crippen LogP contribution in [0.15, 0.2) is 18.2 Å². The molecule has 0 bridgehead atoms. The molecule has 1 aromatic carbocycles. The lowest BCUT2D eigenvalue weighted by Crippen LogP contribution is -2.07. The summed E-state index contributed by atoms with van der Waals surface area (Å²) in [6.45, 7) is 0.108. The van der Waals surface area contributed by atoms with E-state index in [4.69, 9.17) is 16.3 Å². The van der Waals surface area contributed by atoms with Gasteiger partial charge in [-0.2, -0.15) is 0 Å². The van der Waals surface area contributed by atoms with Gasteiger partial charge in [0, 0.05) is 12.5 Å². The maximum absolute atomic E-state index is 12.7. The maximum atomic E-state index is 12.7. The number of Topliss-reactive ketones (excluding diaryl/α,β-unsaturated/α-hetero) is 1. The van der Waals surface area contributed by atoms with Gasteiger partial charge in [0.15, 0.2) is 17.4 Å². The standard InChI is InChI=1S/C10H9ClF2O2/c11-6-7(14)3-4-15-8-1-2-9(12)10(13)5-8/h1-2,5H,3-4,6H2. The van der Waals surface area contributed by atoms with Crippen LogP contribution < -0.4 is 4.74 Å². The molecule has 0 aromatic heterocycles. The molecule has 0 aliphatic carbocycles. The number of carbonyl (C=O) groups excluding carboxylic acids is 1. The van der Waals surface area contributed by atoms with Gasteiger partial charge in [-0.05, 0) is 12.1 Å². The Morgan fingerprint density at radius 1 is 1.33 bits per heavy atom. The summed E-state index contributed by atoms with van der Waals surface area (Å²) in [5.41, 5.74) is 0. The first-order chi connectivity index (χ1) is 7.13. The van der Waals surface area contributed by atoms with E-state index >= 15 is 0 Å². The molecule has 1 aromatic rings. The Labute approximate surface area is 90.8 Å². The Hall–Kier alpha value is -1.16. The Balaban J connectivity index is 2.44. The number of hydrogen-bond acceptors (Lipinski definition) is 2. The quantitative estimate of drug-likeness (QED) is 0.732. The van der Waals surface area contributed by atoms with Crippen LogP contribution in [0.1, 0.15) is 6.42 Å². The average molecular weight is 235 g/mol. The highest BCUT2D eigenvalue weighted by molar-refractivity contribution is 6.27. The highest BCUT2D eigenvalue weighted by Gasteiger charge is 2.04. The molecule has 0 unspecified atom stereocenters. The largest absolute Gasteiger partial charge is 0.493 e. The normalized spacial score (nSPS) is 10.1. The van der Waals surface area contributed by atoms with E-state index in [9.17, 15) is 13.6 Å². The predicted molar refractivity (Wildman–Crippen MR) is 52.2 cm³/mol. The van der Waals surface area contributed by atoms with Crippen LogP contribution in [0.3, 0.4) is 0 Å². The fraction of sp³-hybridized carbons (Fsp3) is 0.300. The molecule has 82 valence electrons. The lowest BCUT2D eigenvalue weighted by Gasteiger charge is -2.04. The van der Waals surface area contributed by atoms with Gasteiger partial charge in [0.05, 0.1) is 12.5 Å². The van der Waals surface area contributed by atoms with Crippen molar-refractivity contribution >= 4 is 17.4 Å². The van der Waals surface area contributed by atoms with Crippen molar-refractivity contribution in [1.29, 1.82) is 0 Å². The molecule has 1 rings (SSSR count). The summed E-state index contributed by atoms with van der Waals surface area (Å²) >= 11 is 5.27. The van der Waals surface area contributed by atoms with Gasteiger partial charge in [0.2, 0.25) is 0 Å². The van der Waals surface area contributed by atoms with E-state index in [1.54, 1.807) is 0 Å². The summed E-state index contributed by atoms with van der Waals surface area (Å²) in [4.78, 5) is 10.8. The SMILES string of the molecule is O=C(CCl)CCOc1ccc(F)c(F)c1. The first kappa shape index (κ1) is 11.9. The van der Waals surface area contributed by atoms with E-state index in [0.29, 0.717) is 0 Å². The van der Waals surface area contributed by atoms with Gasteiger partial charge in [0.1, 0.15) is 5.75 Å². The van der Waals surface area contributed by atoms with Crippen LogP contribution in [-0.2, 0) is 4.79 Å². The van der Waals surface area contributed by atoms with Crippen LogP contribution in [0.25, 0.3) is 0 Å². The van der Waals surface area contributed by atoms with Gasteiger partial charge in [-0.15, -0.1) is 11.6 Å². The van der Waals surface area contributed by atoms with Crippen LogP contribution in [0.4, 0.5) is 8.78 Å². The highest BCUT2D eigenvalue weighted by Crippen LogP contribution is 2.15. The third-order valence-electron chi connectivity index (χ3n) is 1.69. The molecule has 0 fully saturated rings. The number of hydrogen-bond donors (Lipinski definition) is 0. The molecule has 15 heavy (non-hydrogen) atoms. The molecule has 0 saturated carbocycles. The van der Waals surface area contributed by atoms with Crippen molar-refractivity contribution in [1.82, 2.24) is 0 Å². The van der Waals surface area contributed by atoms with Gasteiger partial charge in [-0.3, -0.25) is 4.79 Å². The molecule has 0 N–H and O–H groups in total. The highest BCUT2D eigenvalue weighted by atomic mass is 35.5. The molecular weight excluding hydrogens is 226 g/mol. The number of ketones is 1. The Morgan fingerprint density at radius 3 is 2.67 bits per heavy atom. The molecule has 0 amide bonds. The molecule has 0 spiro atoms. The molecule has 0 aliphatic rings. The zero-order chi connectivity index (χ0) is 11.3. The summed E-state index contributed by atoms with van der Waals surface area (Å²) in [5.74, 6) is -1.94. The second-order valence-electron chi connectivity index (χ2n) is 2.85. The minimum Gasteiger partial charge on any atom is -0.493 e. The zero-order valence-electron chi connectivity index (χ0n) is 7.80. The molecule has 5 heteroatoms. The number of ether oxygens (including phenoxy) is 1. The van der Waals surface area contributed by atoms with Crippen molar-refractivity contribution in [2.45, 2.75) is 6.42 Å². The van der Waals surface area contributed by atoms with Gasteiger partial charge >= 0.3 is 0 Å². The van der Waals surface area contributed by atoms with E-state index in [0.717, 1.165) is 12.1 Å². The van der Waals surface area contributed by atoms with Gasteiger partial charge < -0.3 is 4.74 Å². The molecule has 0 heterocycles. The van der Waals surface area contributed by atoms with Gasteiger partial charge in [-0.25, -0.2) is 8.78 Å². The van der Waals surface area contributed by atoms with Crippen LogP contribution >= 0.6 is 11.6 Å². The summed E-state index contributed by atoms with van der Waals surface area (Å²) in [7, 11) is 0. The number of rotatable bonds is 5. The van der Waals surface area contributed by atoms with Crippen LogP contribution in [0.2, 0.25) is 0 Å². The Bertz CT molecular complexity index is 355. The molecule has 2 nitrogen and oxygen atoms in total. The number of carbonyl (C=O) groups is 1. The number of alkyl halides is 1. The monoisotopic (exact) mass is 234 g/mol. The summed E-state index contributed by atoms with van der Waals surface area (Å²) in [6, 6.07) is 3.19. The maximum Gasteiger partial charge on any atom is 0.162 e. The van der Waals surface area contributed by atoms with E-state index < -0.39 is 11.6 Å². The predicted octanol–water partition coefficient (Wildman–Crippen LogP) is 2.54. The van der Waals surface area contributed by atoms with Crippen molar-refractivity contribution in [2.75, 3.05) is 12.5 Å². The van der Waals surface area contributed by atoms with E-state index in [2.05, 4.69) is 0 Å². The Kier molecular flexibility index (Phi) is 4.49. The molecule has 0 atom stereocenters. The second-order valence-corrected chi connectivity index (χ2v) is 3.11. The Morgan fingerprint density at radius 2 is 2.07 bits per heavy atom. The second kappa shape index (κ2) is 5.66. The topological polar surface area (TPSA) is 26.3 Å². The van der Waals surface area contributed by atoms with E-state index in [1.165, 1.54) is 6.07 Å². The minimum absolute atomic E-state index is 0.0683. The van der Waals surface area contributed by atoms with Crippen LogP contribution in [-0.4, -0.2) is 18.3 Å². The van der Waals surface area contributed by atoms with Crippen LogP contribution in [0, 0.1) is 11.6 Å². The zero-order valence-corrected chi connectivity index (χ0v) is 8.56. The number of halogens is 3. The number of benzene rings is 1. The van der Waals surface area contributed by atoms with Crippen molar-refractivity contribution in [3.05, 3.63) is 29.8 Å². The van der Waals surface area contributed by atoms with Crippen molar-refractivity contribution in [3.8, 4) is 5.75 Å². The lowest BCUT2D eigenvalue weighted by atomic mass is 10.3. The summed E-state index contributed by atoms with van der Waals surface area (Å²) < 4.78 is 30.2. The third-order valence-corrected chi connectivity index (χ3v) is 1.99. The smallest absolute Gasteiger partial charge is 0.162 e. The van der Waals surface area contributed by atoms with E-state index in [1.807, 2.05) is 0 Å². The summed E-state index contributed by atoms with van der Waals surface area (Å²) in [6.07, 6.45) is 0.155. The minimum atomic E-state index is -0.976. The first-order valence-electron chi connectivity index (χ1n) is 4.29. The lowest BCUT2D eigenvalue weighted by molar-refractivity contribution is -0.117. The van der Waals surface area contributed by atoms with Gasteiger partial charge in [-0.1, -0.05) is 0 Å². The van der Waals surface area contributed by atoms with Crippen molar-refractivity contribution < 1.29 is 18.3 Å². The first-order valence-corrected chi connectivity index (χ1v) is 4.82. The average Bonchev–Trinajstić information content (AvgIpc) is 2.23. The van der Waals surface area contributed by atoms with Crippen LogP contribution in [0.5, 0.6) is 5.75 Å². The van der Waals surface area contributed by atoms with E-state index in [-0.39, 0.29) is 30.4 Å². The fourth-order valence-electron chi connectivity index (χ4n) is 0.916.